The molecule has 0 atom stereocenters. The number of aliphatic hydroxyl groups excluding tert-OH is 1. The SMILES string of the molecule is CC(=O)/C=C(/C)O.Cc1cc[c-]c(-c2ccc3cc([Si](C)(C)C)ccc3n2)c1.[Ir]. The number of hydrogen-bond acceptors (Lipinski definition) is 3. The maximum Gasteiger partial charge on any atom is 0.155 e. The van der Waals surface area contributed by atoms with E-state index in [-0.39, 0.29) is 31.6 Å². The van der Waals surface area contributed by atoms with Crippen molar-refractivity contribution in [3.05, 3.63) is 72.0 Å². The molecule has 0 aliphatic rings. The second-order valence-corrected chi connectivity index (χ2v) is 13.1. The monoisotopic (exact) mass is 583 g/mol. The Morgan fingerprint density at radius 2 is 1.76 bits per heavy atom. The summed E-state index contributed by atoms with van der Waals surface area (Å²) in [6.45, 7) is 12.1. The summed E-state index contributed by atoms with van der Waals surface area (Å²) in [6, 6.07) is 20.4. The predicted octanol–water partition coefficient (Wildman–Crippen LogP) is 5.59. The predicted molar refractivity (Wildman–Crippen MR) is 121 cm³/mol. The number of aliphatic hydroxyl groups is 1. The van der Waals surface area contributed by atoms with Gasteiger partial charge in [0, 0.05) is 26.2 Å². The van der Waals surface area contributed by atoms with Crippen LogP contribution in [0.25, 0.3) is 22.2 Å². The topological polar surface area (TPSA) is 50.2 Å². The van der Waals surface area contributed by atoms with Crippen molar-refractivity contribution >= 4 is 29.9 Å². The van der Waals surface area contributed by atoms with Crippen LogP contribution in [0.15, 0.2) is 60.4 Å². The van der Waals surface area contributed by atoms with Crippen LogP contribution in [0, 0.1) is 13.0 Å². The number of fused-ring (bicyclic) bond motifs is 1. The molecule has 1 N–H and O–H groups in total. The largest absolute Gasteiger partial charge is 0.512 e. The molecule has 0 unspecified atom stereocenters. The van der Waals surface area contributed by atoms with Crippen LogP contribution >= 0.6 is 0 Å². The quantitative estimate of drug-likeness (QED) is 0.190. The van der Waals surface area contributed by atoms with Gasteiger partial charge in [-0.2, -0.15) is 0 Å². The first-order valence-corrected chi connectivity index (χ1v) is 12.8. The molecule has 2 aromatic carbocycles. The van der Waals surface area contributed by atoms with Crippen LogP contribution in [0.5, 0.6) is 0 Å². The van der Waals surface area contributed by atoms with Gasteiger partial charge in [0.05, 0.1) is 19.3 Å². The van der Waals surface area contributed by atoms with Crippen LogP contribution in [0.3, 0.4) is 0 Å². The fourth-order valence-electron chi connectivity index (χ4n) is 2.76. The Bertz CT molecular complexity index is 1020. The van der Waals surface area contributed by atoms with E-state index < -0.39 is 8.07 Å². The summed E-state index contributed by atoms with van der Waals surface area (Å²) in [4.78, 5) is 14.8. The summed E-state index contributed by atoms with van der Waals surface area (Å²) >= 11 is 0. The van der Waals surface area contributed by atoms with Gasteiger partial charge < -0.3 is 5.11 Å². The molecule has 0 aliphatic heterocycles. The Morgan fingerprint density at radius 1 is 1.07 bits per heavy atom. The van der Waals surface area contributed by atoms with Crippen molar-refractivity contribution in [3.63, 3.8) is 0 Å². The standard InChI is InChI=1S/C19H20NSi.C5H8O2.Ir/c1-14-6-5-7-15(12-14)18-10-8-16-13-17(21(2,3)4)9-11-19(16)20-18;1-4(6)3-5(2)7;/h5-6,8-13H,1-4H3;3,6H,1-2H3;/q-1;;/b;4-3-;. The molecule has 0 aliphatic carbocycles. The van der Waals surface area contributed by atoms with Gasteiger partial charge in [-0.3, -0.25) is 9.78 Å². The molecule has 3 nitrogen and oxygen atoms in total. The van der Waals surface area contributed by atoms with Gasteiger partial charge in [0.1, 0.15) is 0 Å². The minimum atomic E-state index is -1.27. The average Bonchev–Trinajstić information content (AvgIpc) is 2.59. The third-order valence-electron chi connectivity index (χ3n) is 4.20. The van der Waals surface area contributed by atoms with E-state index in [2.05, 4.69) is 75.1 Å². The van der Waals surface area contributed by atoms with E-state index >= 15 is 0 Å². The van der Waals surface area contributed by atoms with Crippen LogP contribution in [-0.2, 0) is 24.9 Å². The number of hydrogen-bond donors (Lipinski definition) is 1. The maximum absolute atomic E-state index is 10.0. The van der Waals surface area contributed by atoms with Crippen LogP contribution in [-0.4, -0.2) is 23.9 Å². The number of aromatic nitrogens is 1. The minimum Gasteiger partial charge on any atom is -0.512 e. The summed E-state index contributed by atoms with van der Waals surface area (Å²) in [5.41, 5.74) is 4.35. The average molecular weight is 583 g/mol. The summed E-state index contributed by atoms with van der Waals surface area (Å²) < 4.78 is 0. The number of allylic oxidation sites excluding steroid dienone is 2. The molecule has 0 saturated heterocycles. The van der Waals surface area contributed by atoms with E-state index in [0.29, 0.717) is 0 Å². The third kappa shape index (κ3) is 7.69. The molecule has 1 radical (unpaired) electrons. The Labute approximate surface area is 188 Å². The van der Waals surface area contributed by atoms with Gasteiger partial charge in [-0.25, -0.2) is 0 Å². The van der Waals surface area contributed by atoms with Crippen molar-refractivity contribution in [3.8, 4) is 11.3 Å². The van der Waals surface area contributed by atoms with Gasteiger partial charge in [0.15, 0.2) is 5.78 Å². The Morgan fingerprint density at radius 3 is 2.28 bits per heavy atom. The van der Waals surface area contributed by atoms with Gasteiger partial charge in [-0.05, 0) is 31.0 Å². The second kappa shape index (κ2) is 10.6. The Hall–Kier alpha value is -2.07. The smallest absolute Gasteiger partial charge is 0.155 e. The zero-order valence-electron chi connectivity index (χ0n) is 17.8. The number of aryl methyl sites for hydroxylation is 1. The molecule has 5 heteroatoms. The van der Waals surface area contributed by atoms with Crippen molar-refractivity contribution in [2.24, 2.45) is 0 Å². The number of carbonyl (C=O) groups is 1. The number of carbonyl (C=O) groups excluding carboxylic acids is 1. The van der Waals surface area contributed by atoms with Gasteiger partial charge in [-0.15, -0.1) is 35.4 Å². The van der Waals surface area contributed by atoms with Crippen LogP contribution in [0.1, 0.15) is 19.4 Å². The molecule has 1 aromatic heterocycles. The molecule has 155 valence electrons. The van der Waals surface area contributed by atoms with Crippen molar-refractivity contribution in [1.29, 1.82) is 0 Å². The number of nitrogens with zero attached hydrogens (tertiary/aromatic N) is 1. The van der Waals surface area contributed by atoms with Gasteiger partial charge >= 0.3 is 0 Å². The Balaban J connectivity index is 0.000000456. The fourth-order valence-corrected chi connectivity index (χ4v) is 3.94. The summed E-state index contributed by atoms with van der Waals surface area (Å²) in [5, 5.41) is 11.1. The van der Waals surface area contributed by atoms with Gasteiger partial charge in [-0.1, -0.05) is 56.0 Å². The molecule has 3 rings (SSSR count). The van der Waals surface area contributed by atoms with E-state index in [0.717, 1.165) is 16.8 Å². The van der Waals surface area contributed by atoms with E-state index in [1.54, 1.807) is 0 Å². The molecule has 29 heavy (non-hydrogen) atoms. The first-order chi connectivity index (χ1) is 13.1. The van der Waals surface area contributed by atoms with Gasteiger partial charge in [0.2, 0.25) is 0 Å². The zero-order valence-corrected chi connectivity index (χ0v) is 21.2. The van der Waals surface area contributed by atoms with Crippen LogP contribution < -0.4 is 5.19 Å². The fraction of sp³-hybridized carbons (Fsp3) is 0.250. The van der Waals surface area contributed by atoms with Crippen LogP contribution in [0.4, 0.5) is 0 Å². The molecule has 0 saturated carbocycles. The first kappa shape index (κ1) is 25.0. The molecule has 0 fully saturated rings. The molecular weight excluding hydrogens is 555 g/mol. The van der Waals surface area contributed by atoms with Crippen molar-refractivity contribution in [2.75, 3.05) is 0 Å². The van der Waals surface area contributed by atoms with E-state index in [9.17, 15) is 4.79 Å². The summed E-state index contributed by atoms with van der Waals surface area (Å²) in [7, 11) is -1.27. The third-order valence-corrected chi connectivity index (χ3v) is 6.24. The van der Waals surface area contributed by atoms with E-state index in [1.807, 2.05) is 6.07 Å². The molecule has 1 heterocycles. The molecular formula is C24H28IrNO2Si-. The summed E-state index contributed by atoms with van der Waals surface area (Å²) in [5.74, 6) is -0.0625. The van der Waals surface area contributed by atoms with E-state index in [4.69, 9.17) is 10.1 Å². The molecule has 3 aromatic rings. The molecule has 0 bridgehead atoms. The molecule has 0 spiro atoms. The normalized spacial score (nSPS) is 11.3. The van der Waals surface area contributed by atoms with Gasteiger partial charge in [0.25, 0.3) is 0 Å². The van der Waals surface area contributed by atoms with Crippen molar-refractivity contribution < 1.29 is 30.0 Å². The van der Waals surface area contributed by atoms with Crippen LogP contribution in [0.2, 0.25) is 19.6 Å². The number of rotatable bonds is 3. The first-order valence-electron chi connectivity index (χ1n) is 9.34. The number of benzene rings is 2. The summed E-state index contributed by atoms with van der Waals surface area (Å²) in [6.07, 6.45) is 1.17. The number of pyridine rings is 1. The zero-order chi connectivity index (χ0) is 20.9. The van der Waals surface area contributed by atoms with Crippen molar-refractivity contribution in [1.82, 2.24) is 4.98 Å². The number of ketones is 1. The maximum atomic E-state index is 10.0. The molecule has 0 amide bonds. The minimum absolute atomic E-state index is 0. The second-order valence-electron chi connectivity index (χ2n) is 8.03. The Kier molecular flexibility index (Phi) is 9.15. The van der Waals surface area contributed by atoms with Crippen molar-refractivity contribution in [2.45, 2.75) is 40.4 Å². The van der Waals surface area contributed by atoms with E-state index in [1.165, 1.54) is 36.1 Å².